The summed E-state index contributed by atoms with van der Waals surface area (Å²) >= 11 is 0. The molecule has 0 aliphatic carbocycles. The number of rotatable bonds is 4. The lowest BCUT2D eigenvalue weighted by Crippen LogP contribution is -2.34. The first-order valence-electron chi connectivity index (χ1n) is 9.63. The van der Waals surface area contributed by atoms with Crippen LogP contribution < -0.4 is 10.0 Å². The van der Waals surface area contributed by atoms with Gasteiger partial charge in [0.1, 0.15) is 0 Å². The zero-order chi connectivity index (χ0) is 19.9. The summed E-state index contributed by atoms with van der Waals surface area (Å²) in [4.78, 5) is 14.9. The van der Waals surface area contributed by atoms with E-state index in [1.165, 1.54) is 10.4 Å². The topological polar surface area (TPSA) is 83.7 Å². The number of halogens is 1. The number of hydrogen-bond donors (Lipinski definition) is 1. The summed E-state index contributed by atoms with van der Waals surface area (Å²) in [6.45, 7) is 3.60. The second-order valence-corrected chi connectivity index (χ2v) is 9.49. The van der Waals surface area contributed by atoms with Crippen molar-refractivity contribution in [1.29, 1.82) is 0 Å². The van der Waals surface area contributed by atoms with Crippen molar-refractivity contribution in [3.8, 4) is 0 Å². The molecule has 4 rings (SSSR count). The Labute approximate surface area is 178 Å². The van der Waals surface area contributed by atoms with Crippen molar-refractivity contribution in [3.63, 3.8) is 0 Å². The second kappa shape index (κ2) is 8.34. The van der Waals surface area contributed by atoms with E-state index in [0.717, 1.165) is 17.7 Å². The van der Waals surface area contributed by atoms with E-state index in [0.29, 0.717) is 37.5 Å². The molecule has 0 radical (unpaired) electrons. The third-order valence-electron chi connectivity index (χ3n) is 5.77. The minimum atomic E-state index is -3.72. The average molecular weight is 436 g/mol. The van der Waals surface area contributed by atoms with Crippen LogP contribution in [0.1, 0.15) is 29.3 Å². The van der Waals surface area contributed by atoms with Gasteiger partial charge in [0.15, 0.2) is 0 Å². The number of para-hydroxylation sites is 1. The van der Waals surface area contributed by atoms with Crippen LogP contribution in [0.4, 0.5) is 5.69 Å². The number of carbonyl (C=O) groups is 1. The van der Waals surface area contributed by atoms with Gasteiger partial charge in [0.2, 0.25) is 0 Å². The van der Waals surface area contributed by atoms with Gasteiger partial charge < -0.3 is 10.6 Å². The van der Waals surface area contributed by atoms with Crippen LogP contribution in [0, 0.1) is 5.92 Å². The Morgan fingerprint density at radius 1 is 1.17 bits per heavy atom. The molecule has 2 heterocycles. The summed E-state index contributed by atoms with van der Waals surface area (Å²) in [6, 6.07) is 14.0. The van der Waals surface area contributed by atoms with Gasteiger partial charge in [0.05, 0.1) is 10.6 Å². The molecule has 2 N–H and O–H groups in total. The van der Waals surface area contributed by atoms with Crippen LogP contribution in [0.15, 0.2) is 53.4 Å². The smallest absolute Gasteiger partial charge is 0.264 e. The monoisotopic (exact) mass is 435 g/mol. The predicted molar refractivity (Wildman–Crippen MR) is 116 cm³/mol. The minimum Gasteiger partial charge on any atom is -0.336 e. The maximum Gasteiger partial charge on any atom is 0.264 e. The molecule has 8 heteroatoms. The molecule has 29 heavy (non-hydrogen) atoms. The van der Waals surface area contributed by atoms with Crippen molar-refractivity contribution in [2.24, 2.45) is 11.7 Å². The third-order valence-corrected chi connectivity index (χ3v) is 7.58. The summed E-state index contributed by atoms with van der Waals surface area (Å²) in [6.07, 6.45) is 1.57. The van der Waals surface area contributed by atoms with Crippen LogP contribution in [-0.2, 0) is 16.4 Å². The molecule has 2 aliphatic rings. The molecule has 156 valence electrons. The van der Waals surface area contributed by atoms with Gasteiger partial charge in [-0.15, -0.1) is 12.4 Å². The number of sulfonamides is 1. The van der Waals surface area contributed by atoms with Gasteiger partial charge in [-0.25, -0.2) is 8.42 Å². The highest BCUT2D eigenvalue weighted by Gasteiger charge is 2.34. The van der Waals surface area contributed by atoms with Gasteiger partial charge in [-0.05, 0) is 62.1 Å². The summed E-state index contributed by atoms with van der Waals surface area (Å²) in [5, 5.41) is 0. The van der Waals surface area contributed by atoms with Crippen molar-refractivity contribution in [1.82, 2.24) is 4.90 Å². The molecule has 1 saturated heterocycles. The molecule has 0 aromatic heterocycles. The first-order valence-corrected chi connectivity index (χ1v) is 11.1. The highest BCUT2D eigenvalue weighted by Crippen LogP contribution is 2.33. The number of nitrogens with two attached hydrogens (primary N) is 1. The fourth-order valence-electron chi connectivity index (χ4n) is 4.24. The molecule has 2 aliphatic heterocycles. The third kappa shape index (κ3) is 3.86. The Hall–Kier alpha value is -2.09. The minimum absolute atomic E-state index is 0. The Bertz CT molecular complexity index is 1010. The van der Waals surface area contributed by atoms with Gasteiger partial charge in [-0.3, -0.25) is 9.10 Å². The van der Waals surface area contributed by atoms with Crippen molar-refractivity contribution in [3.05, 3.63) is 59.7 Å². The van der Waals surface area contributed by atoms with Gasteiger partial charge in [-0.1, -0.05) is 24.3 Å². The van der Waals surface area contributed by atoms with E-state index in [1.807, 2.05) is 31.2 Å². The Kier molecular flexibility index (Phi) is 6.22. The standard InChI is InChI=1S/C21H25N3O3S.ClH/c1-15-11-16(13-22)14-23(15)21(25)18-6-4-7-19(12-18)28(26,27)24-10-9-17-5-2-3-8-20(17)24;/h2-8,12,15-16H,9-11,13-14,22H2,1H3;1H. The van der Waals surface area contributed by atoms with E-state index in [4.69, 9.17) is 5.73 Å². The zero-order valence-electron chi connectivity index (χ0n) is 16.3. The number of benzene rings is 2. The fraction of sp³-hybridized carbons (Fsp3) is 0.381. The SMILES string of the molecule is CC1CC(CN)CN1C(=O)c1cccc(S(=O)(=O)N2CCc3ccccc32)c1.Cl. The summed E-state index contributed by atoms with van der Waals surface area (Å²) in [5.41, 5.74) is 7.91. The molecular formula is C21H26ClN3O3S. The summed E-state index contributed by atoms with van der Waals surface area (Å²) in [7, 11) is -3.72. The number of hydrogen-bond acceptors (Lipinski definition) is 4. The maximum absolute atomic E-state index is 13.2. The largest absolute Gasteiger partial charge is 0.336 e. The number of anilines is 1. The highest BCUT2D eigenvalue weighted by molar-refractivity contribution is 7.92. The normalized spacial score (nSPS) is 21.0. The first kappa shape index (κ1) is 21.6. The summed E-state index contributed by atoms with van der Waals surface area (Å²) in [5.74, 6) is 0.161. The maximum atomic E-state index is 13.2. The predicted octanol–water partition coefficient (Wildman–Crippen LogP) is 2.67. The molecule has 0 spiro atoms. The molecule has 1 amide bonds. The van der Waals surface area contributed by atoms with Gasteiger partial charge in [-0.2, -0.15) is 0 Å². The molecule has 0 saturated carbocycles. The number of amides is 1. The van der Waals surface area contributed by atoms with Gasteiger partial charge in [0.25, 0.3) is 15.9 Å². The molecule has 2 aromatic rings. The average Bonchev–Trinajstić information content (AvgIpc) is 3.31. The fourth-order valence-corrected chi connectivity index (χ4v) is 5.79. The van der Waals surface area contributed by atoms with E-state index in [1.54, 1.807) is 23.1 Å². The highest BCUT2D eigenvalue weighted by atomic mass is 35.5. The molecule has 2 unspecified atom stereocenters. The van der Waals surface area contributed by atoms with Crippen LogP contribution in [0.25, 0.3) is 0 Å². The first-order chi connectivity index (χ1) is 13.4. The van der Waals surface area contributed by atoms with E-state index in [2.05, 4.69) is 0 Å². The van der Waals surface area contributed by atoms with E-state index < -0.39 is 10.0 Å². The number of likely N-dealkylation sites (tertiary alicyclic amines) is 1. The number of fused-ring (bicyclic) bond motifs is 1. The second-order valence-electron chi connectivity index (χ2n) is 7.63. The molecule has 1 fully saturated rings. The van der Waals surface area contributed by atoms with Gasteiger partial charge >= 0.3 is 0 Å². The van der Waals surface area contributed by atoms with Crippen molar-refractivity contribution >= 4 is 34.0 Å². The summed E-state index contributed by atoms with van der Waals surface area (Å²) < 4.78 is 27.9. The quantitative estimate of drug-likeness (QED) is 0.800. The molecule has 6 nitrogen and oxygen atoms in total. The van der Waals surface area contributed by atoms with Crippen molar-refractivity contribution < 1.29 is 13.2 Å². The Morgan fingerprint density at radius 3 is 2.66 bits per heavy atom. The van der Waals surface area contributed by atoms with Crippen molar-refractivity contribution in [2.75, 3.05) is 23.9 Å². The van der Waals surface area contributed by atoms with Crippen LogP contribution in [0.2, 0.25) is 0 Å². The van der Waals surface area contributed by atoms with Crippen LogP contribution in [-0.4, -0.2) is 44.9 Å². The van der Waals surface area contributed by atoms with E-state index in [9.17, 15) is 13.2 Å². The van der Waals surface area contributed by atoms with Gasteiger partial charge in [0, 0.05) is 24.7 Å². The molecule has 0 bridgehead atoms. The Morgan fingerprint density at radius 2 is 1.93 bits per heavy atom. The van der Waals surface area contributed by atoms with Crippen LogP contribution in [0.3, 0.4) is 0 Å². The molecule has 2 aromatic carbocycles. The van der Waals surface area contributed by atoms with E-state index in [-0.39, 0.29) is 29.3 Å². The lowest BCUT2D eigenvalue weighted by molar-refractivity contribution is 0.0743. The molecule has 2 atom stereocenters. The van der Waals surface area contributed by atoms with E-state index >= 15 is 0 Å². The zero-order valence-corrected chi connectivity index (χ0v) is 18.0. The Balaban J connectivity index is 0.00000240. The lowest BCUT2D eigenvalue weighted by atomic mass is 10.1. The van der Waals surface area contributed by atoms with Crippen molar-refractivity contribution in [2.45, 2.75) is 30.7 Å². The van der Waals surface area contributed by atoms with Crippen LogP contribution in [0.5, 0.6) is 0 Å². The number of carbonyl (C=O) groups excluding carboxylic acids is 1. The number of nitrogens with zero attached hydrogens (tertiary/aromatic N) is 2. The molecular weight excluding hydrogens is 410 g/mol. The lowest BCUT2D eigenvalue weighted by Gasteiger charge is -2.23. The van der Waals surface area contributed by atoms with Crippen LogP contribution >= 0.6 is 12.4 Å².